The van der Waals surface area contributed by atoms with Gasteiger partial charge < -0.3 is 14.0 Å². The first-order chi connectivity index (χ1) is 12.9. The molecule has 136 valence electrons. The molecule has 0 radical (unpaired) electrons. The molecule has 5 nitrogen and oxygen atoms in total. The third-order valence-corrected chi connectivity index (χ3v) is 5.01. The van der Waals surface area contributed by atoms with Gasteiger partial charge in [0.05, 0.1) is 0 Å². The van der Waals surface area contributed by atoms with E-state index in [1.54, 1.807) is 0 Å². The van der Waals surface area contributed by atoms with Gasteiger partial charge in [-0.1, -0.05) is 35.0 Å². The van der Waals surface area contributed by atoms with E-state index >= 15 is 0 Å². The molecule has 0 saturated heterocycles. The summed E-state index contributed by atoms with van der Waals surface area (Å²) >= 11 is 0. The number of nitrogens with zero attached hydrogens (tertiary/aromatic N) is 1. The number of benzene rings is 2. The van der Waals surface area contributed by atoms with Crippen LogP contribution >= 0.6 is 0 Å². The van der Waals surface area contributed by atoms with Crippen molar-refractivity contribution in [1.29, 1.82) is 0 Å². The maximum atomic E-state index is 11.8. The fraction of sp³-hybridized carbons (Fsp3) is 0.182. The fourth-order valence-corrected chi connectivity index (χ4v) is 3.47. The van der Waals surface area contributed by atoms with Crippen LogP contribution in [0.5, 0.6) is 0 Å². The zero-order valence-corrected chi connectivity index (χ0v) is 15.6. The highest BCUT2D eigenvalue weighted by Gasteiger charge is 2.21. The summed E-state index contributed by atoms with van der Waals surface area (Å²) < 4.78 is 11.5. The number of rotatable bonds is 2. The quantitative estimate of drug-likeness (QED) is 0.236. The standard InChI is InChI=1S/C22H19NO4/c1-11-5-7-15(8-6-11)19(23-25)22-13(3)17-10-16-12(2)9-18(24)26-20(16)14(4)21(17)27-22/h5-10,25H,1-4H3/b23-19+. The average Bonchev–Trinajstić information content (AvgIpc) is 2.96. The predicted molar refractivity (Wildman–Crippen MR) is 105 cm³/mol. The highest BCUT2D eigenvalue weighted by molar-refractivity contribution is 6.14. The molecule has 0 spiro atoms. The lowest BCUT2D eigenvalue weighted by Crippen LogP contribution is -2.03. The van der Waals surface area contributed by atoms with Gasteiger partial charge in [-0.05, 0) is 39.3 Å². The molecule has 4 rings (SSSR count). The number of hydrogen-bond acceptors (Lipinski definition) is 5. The SMILES string of the molecule is Cc1ccc(/C(=N\O)c2oc3c(C)c4oc(=O)cc(C)c4cc3c2C)cc1. The van der Waals surface area contributed by atoms with Gasteiger partial charge in [-0.2, -0.15) is 0 Å². The van der Waals surface area contributed by atoms with Crippen molar-refractivity contribution in [2.45, 2.75) is 27.7 Å². The van der Waals surface area contributed by atoms with E-state index in [4.69, 9.17) is 8.83 Å². The van der Waals surface area contributed by atoms with Crippen LogP contribution in [0.15, 0.2) is 55.2 Å². The van der Waals surface area contributed by atoms with E-state index in [1.807, 2.05) is 58.0 Å². The molecular weight excluding hydrogens is 342 g/mol. The summed E-state index contributed by atoms with van der Waals surface area (Å²) in [6.45, 7) is 7.67. The number of oxime groups is 1. The highest BCUT2D eigenvalue weighted by atomic mass is 16.4. The Hall–Kier alpha value is -3.34. The van der Waals surface area contributed by atoms with Gasteiger partial charge in [0, 0.05) is 33.5 Å². The summed E-state index contributed by atoms with van der Waals surface area (Å²) in [5, 5.41) is 14.9. The fourth-order valence-electron chi connectivity index (χ4n) is 3.47. The van der Waals surface area contributed by atoms with Gasteiger partial charge in [0.1, 0.15) is 11.2 Å². The Morgan fingerprint density at radius 1 is 0.889 bits per heavy atom. The van der Waals surface area contributed by atoms with Crippen LogP contribution in [0.4, 0.5) is 0 Å². The van der Waals surface area contributed by atoms with Crippen molar-refractivity contribution in [3.63, 3.8) is 0 Å². The van der Waals surface area contributed by atoms with Crippen molar-refractivity contribution in [2.24, 2.45) is 5.16 Å². The topological polar surface area (TPSA) is 75.9 Å². The van der Waals surface area contributed by atoms with Gasteiger partial charge in [-0.3, -0.25) is 0 Å². The number of fused-ring (bicyclic) bond motifs is 2. The molecule has 0 saturated carbocycles. The Bertz CT molecular complexity index is 1270. The first-order valence-corrected chi connectivity index (χ1v) is 8.67. The molecule has 0 fully saturated rings. The summed E-state index contributed by atoms with van der Waals surface area (Å²) in [5.74, 6) is 0.495. The Morgan fingerprint density at radius 2 is 1.56 bits per heavy atom. The lowest BCUT2D eigenvalue weighted by Gasteiger charge is -2.04. The minimum atomic E-state index is -0.386. The lowest BCUT2D eigenvalue weighted by atomic mass is 10.0. The van der Waals surface area contributed by atoms with Gasteiger partial charge in [-0.15, -0.1) is 0 Å². The maximum absolute atomic E-state index is 11.8. The normalized spacial score (nSPS) is 12.2. The Balaban J connectivity index is 2.03. The van der Waals surface area contributed by atoms with Gasteiger partial charge in [0.25, 0.3) is 0 Å². The molecule has 0 aliphatic carbocycles. The Labute approximate surface area is 155 Å². The van der Waals surface area contributed by atoms with E-state index in [0.29, 0.717) is 22.6 Å². The molecule has 2 heterocycles. The molecule has 0 aliphatic heterocycles. The third kappa shape index (κ3) is 2.63. The van der Waals surface area contributed by atoms with Gasteiger partial charge in [0.2, 0.25) is 0 Å². The summed E-state index contributed by atoms with van der Waals surface area (Å²) in [5.41, 5.74) is 5.46. The number of aryl methyl sites for hydroxylation is 4. The predicted octanol–water partition coefficient (Wildman–Crippen LogP) is 5.00. The smallest absolute Gasteiger partial charge is 0.336 e. The van der Waals surface area contributed by atoms with Crippen LogP contribution in [0.3, 0.4) is 0 Å². The lowest BCUT2D eigenvalue weighted by molar-refractivity contribution is 0.318. The third-order valence-electron chi connectivity index (χ3n) is 5.01. The molecule has 4 aromatic rings. The number of hydrogen-bond donors (Lipinski definition) is 1. The first kappa shape index (κ1) is 17.1. The second-order valence-corrected chi connectivity index (χ2v) is 6.87. The zero-order valence-electron chi connectivity index (χ0n) is 15.6. The van der Waals surface area contributed by atoms with E-state index < -0.39 is 0 Å². The molecule has 0 bridgehead atoms. The van der Waals surface area contributed by atoms with Crippen molar-refractivity contribution < 1.29 is 14.0 Å². The summed E-state index contributed by atoms with van der Waals surface area (Å²) in [6.07, 6.45) is 0. The van der Waals surface area contributed by atoms with Crippen LogP contribution in [-0.4, -0.2) is 10.9 Å². The zero-order chi connectivity index (χ0) is 19.3. The summed E-state index contributed by atoms with van der Waals surface area (Å²) in [4.78, 5) is 11.8. The van der Waals surface area contributed by atoms with Crippen LogP contribution in [0.1, 0.15) is 33.6 Å². The molecule has 0 amide bonds. The maximum Gasteiger partial charge on any atom is 0.336 e. The Morgan fingerprint density at radius 3 is 2.22 bits per heavy atom. The van der Waals surface area contributed by atoms with Crippen molar-refractivity contribution >= 4 is 27.7 Å². The van der Waals surface area contributed by atoms with Crippen LogP contribution in [0.2, 0.25) is 0 Å². The van der Waals surface area contributed by atoms with Crippen molar-refractivity contribution in [3.8, 4) is 0 Å². The van der Waals surface area contributed by atoms with Crippen LogP contribution in [-0.2, 0) is 0 Å². The van der Waals surface area contributed by atoms with Crippen molar-refractivity contribution in [3.05, 3.63) is 80.4 Å². The molecular formula is C22H19NO4. The largest absolute Gasteiger partial charge is 0.454 e. The molecule has 0 unspecified atom stereocenters. The van der Waals surface area contributed by atoms with E-state index in [-0.39, 0.29) is 5.63 Å². The minimum Gasteiger partial charge on any atom is -0.454 e. The van der Waals surface area contributed by atoms with E-state index in [1.165, 1.54) is 6.07 Å². The summed E-state index contributed by atoms with van der Waals surface area (Å²) in [7, 11) is 0. The van der Waals surface area contributed by atoms with E-state index in [9.17, 15) is 10.0 Å². The molecule has 2 aromatic carbocycles. The van der Waals surface area contributed by atoms with Crippen molar-refractivity contribution in [2.75, 3.05) is 0 Å². The summed E-state index contributed by atoms with van der Waals surface area (Å²) in [6, 6.07) is 11.1. The molecule has 2 aromatic heterocycles. The average molecular weight is 361 g/mol. The second-order valence-electron chi connectivity index (χ2n) is 6.87. The second kappa shape index (κ2) is 6.13. The molecule has 27 heavy (non-hydrogen) atoms. The first-order valence-electron chi connectivity index (χ1n) is 8.67. The molecule has 1 N–H and O–H groups in total. The van der Waals surface area contributed by atoms with Crippen LogP contribution in [0, 0.1) is 27.7 Å². The monoisotopic (exact) mass is 361 g/mol. The molecule has 0 aliphatic rings. The number of furan rings is 1. The highest BCUT2D eigenvalue weighted by Crippen LogP contribution is 2.35. The molecule has 5 heteroatoms. The van der Waals surface area contributed by atoms with Gasteiger partial charge >= 0.3 is 5.63 Å². The van der Waals surface area contributed by atoms with E-state index in [2.05, 4.69) is 5.16 Å². The van der Waals surface area contributed by atoms with E-state index in [0.717, 1.165) is 38.6 Å². The van der Waals surface area contributed by atoms with Gasteiger partial charge in [-0.25, -0.2) is 4.79 Å². The van der Waals surface area contributed by atoms with Crippen LogP contribution < -0.4 is 5.63 Å². The minimum absolute atomic E-state index is 0.366. The van der Waals surface area contributed by atoms with Gasteiger partial charge in [0.15, 0.2) is 11.5 Å². The molecule has 0 atom stereocenters. The van der Waals surface area contributed by atoms with Crippen LogP contribution in [0.25, 0.3) is 21.9 Å². The Kier molecular flexibility index (Phi) is 3.88. The van der Waals surface area contributed by atoms with Crippen molar-refractivity contribution in [1.82, 2.24) is 0 Å².